The molecule has 0 saturated heterocycles. The van der Waals surface area contributed by atoms with Crippen LogP contribution in [0.4, 0.5) is 8.78 Å². The van der Waals surface area contributed by atoms with Crippen molar-refractivity contribution in [1.82, 2.24) is 4.90 Å². The fraction of sp³-hybridized carbons (Fsp3) is 0.467. The lowest BCUT2D eigenvalue weighted by Crippen LogP contribution is -2.34. The lowest BCUT2D eigenvalue weighted by atomic mass is 10.1. The Balaban J connectivity index is 2.02. The van der Waals surface area contributed by atoms with Crippen LogP contribution in [0.5, 0.6) is 0 Å². The third-order valence-electron chi connectivity index (χ3n) is 3.78. The Bertz CT molecular complexity index is 562. The van der Waals surface area contributed by atoms with E-state index >= 15 is 0 Å². The van der Waals surface area contributed by atoms with Crippen LogP contribution >= 0.6 is 0 Å². The first-order chi connectivity index (χ1) is 9.95. The highest BCUT2D eigenvalue weighted by atomic mass is 19.2. The molecule has 1 amide bonds. The van der Waals surface area contributed by atoms with Gasteiger partial charge in [-0.3, -0.25) is 9.59 Å². The van der Waals surface area contributed by atoms with Crippen molar-refractivity contribution in [2.24, 2.45) is 5.92 Å². The number of carbonyl (C=O) groups is 2. The van der Waals surface area contributed by atoms with E-state index in [1.807, 2.05) is 0 Å². The highest BCUT2D eigenvalue weighted by molar-refractivity contribution is 5.83. The van der Waals surface area contributed by atoms with Gasteiger partial charge in [-0.1, -0.05) is 12.1 Å². The third kappa shape index (κ3) is 3.37. The third-order valence-corrected chi connectivity index (χ3v) is 3.78. The van der Waals surface area contributed by atoms with E-state index in [0.717, 1.165) is 6.07 Å². The van der Waals surface area contributed by atoms with Crippen molar-refractivity contribution in [3.8, 4) is 0 Å². The van der Waals surface area contributed by atoms with Gasteiger partial charge in [0, 0.05) is 19.0 Å². The van der Waals surface area contributed by atoms with Gasteiger partial charge in [-0.15, -0.1) is 0 Å². The normalized spacial score (nSPS) is 20.1. The van der Waals surface area contributed by atoms with Gasteiger partial charge in [0.1, 0.15) is 0 Å². The standard InChI is InChI=1S/C15H17F2NO3/c1-2-18(7-6-13(19)20)15(21)11-8-10(11)9-4-3-5-12(16)14(9)17/h3-5,10-11H,2,6-8H2,1H3,(H,19,20). The zero-order chi connectivity index (χ0) is 15.6. The number of halogens is 2. The fourth-order valence-corrected chi connectivity index (χ4v) is 2.51. The lowest BCUT2D eigenvalue weighted by Gasteiger charge is -2.20. The van der Waals surface area contributed by atoms with Gasteiger partial charge in [-0.25, -0.2) is 8.78 Å². The second-order valence-electron chi connectivity index (χ2n) is 5.15. The van der Waals surface area contributed by atoms with E-state index in [4.69, 9.17) is 5.11 Å². The summed E-state index contributed by atoms with van der Waals surface area (Å²) in [5, 5.41) is 8.66. The van der Waals surface area contributed by atoms with E-state index in [9.17, 15) is 18.4 Å². The summed E-state index contributed by atoms with van der Waals surface area (Å²) in [6, 6.07) is 3.96. The summed E-state index contributed by atoms with van der Waals surface area (Å²) in [5.74, 6) is -3.66. The molecule has 21 heavy (non-hydrogen) atoms. The summed E-state index contributed by atoms with van der Waals surface area (Å²) in [6.07, 6.45) is 0.355. The van der Waals surface area contributed by atoms with E-state index in [-0.39, 0.29) is 36.3 Å². The first-order valence-corrected chi connectivity index (χ1v) is 6.90. The molecule has 1 fully saturated rings. The van der Waals surface area contributed by atoms with Crippen molar-refractivity contribution in [3.63, 3.8) is 0 Å². The molecule has 0 aromatic heterocycles. The second kappa shape index (κ2) is 6.20. The molecule has 2 atom stereocenters. The molecule has 4 nitrogen and oxygen atoms in total. The molecule has 1 aliphatic carbocycles. The Hall–Kier alpha value is -1.98. The van der Waals surface area contributed by atoms with Crippen LogP contribution in [0.15, 0.2) is 18.2 Å². The summed E-state index contributed by atoms with van der Waals surface area (Å²) in [4.78, 5) is 24.3. The first-order valence-electron chi connectivity index (χ1n) is 6.90. The Kier molecular flexibility index (Phi) is 4.55. The van der Waals surface area contributed by atoms with Crippen molar-refractivity contribution in [3.05, 3.63) is 35.4 Å². The number of rotatable bonds is 6. The summed E-state index contributed by atoms with van der Waals surface area (Å²) in [7, 11) is 0. The van der Waals surface area contributed by atoms with Gasteiger partial charge in [-0.05, 0) is 30.9 Å². The molecule has 1 saturated carbocycles. The number of carboxylic acids is 1. The van der Waals surface area contributed by atoms with Gasteiger partial charge >= 0.3 is 5.97 Å². The number of amides is 1. The maximum absolute atomic E-state index is 13.7. The Morgan fingerprint density at radius 2 is 2.10 bits per heavy atom. The number of carboxylic acid groups (broad SMARTS) is 1. The Labute approximate surface area is 121 Å². The van der Waals surface area contributed by atoms with Crippen molar-refractivity contribution in [1.29, 1.82) is 0 Å². The average molecular weight is 297 g/mol. The summed E-state index contributed by atoms with van der Waals surface area (Å²) < 4.78 is 26.9. The predicted molar refractivity (Wildman–Crippen MR) is 71.7 cm³/mol. The zero-order valence-electron chi connectivity index (χ0n) is 11.7. The lowest BCUT2D eigenvalue weighted by molar-refractivity contribution is -0.138. The molecule has 114 valence electrons. The van der Waals surface area contributed by atoms with Crippen LogP contribution in [0, 0.1) is 17.6 Å². The molecule has 0 bridgehead atoms. The number of carbonyl (C=O) groups excluding carboxylic acids is 1. The number of benzene rings is 1. The van der Waals surface area contributed by atoms with Crippen LogP contribution in [-0.2, 0) is 9.59 Å². The van der Waals surface area contributed by atoms with Gasteiger partial charge in [0.25, 0.3) is 0 Å². The quantitative estimate of drug-likeness (QED) is 0.877. The largest absolute Gasteiger partial charge is 0.481 e. The van der Waals surface area contributed by atoms with Gasteiger partial charge in [0.15, 0.2) is 11.6 Å². The number of hydrogen-bond acceptors (Lipinski definition) is 2. The number of aliphatic carboxylic acids is 1. The van der Waals surface area contributed by atoms with E-state index in [1.165, 1.54) is 17.0 Å². The van der Waals surface area contributed by atoms with Crippen molar-refractivity contribution in [2.75, 3.05) is 13.1 Å². The molecule has 0 aliphatic heterocycles. The average Bonchev–Trinajstić information content (AvgIpc) is 3.22. The summed E-state index contributed by atoms with van der Waals surface area (Å²) in [6.45, 7) is 2.31. The molecule has 0 spiro atoms. The zero-order valence-corrected chi connectivity index (χ0v) is 11.7. The maximum Gasteiger partial charge on any atom is 0.305 e. The summed E-state index contributed by atoms with van der Waals surface area (Å²) >= 11 is 0. The maximum atomic E-state index is 13.7. The van der Waals surface area contributed by atoms with Crippen LogP contribution in [0.25, 0.3) is 0 Å². The predicted octanol–water partition coefficient (Wildman–Crippen LogP) is 2.39. The van der Waals surface area contributed by atoms with Crippen LogP contribution in [-0.4, -0.2) is 35.0 Å². The molecule has 0 radical (unpaired) electrons. The topological polar surface area (TPSA) is 57.6 Å². The fourth-order valence-electron chi connectivity index (χ4n) is 2.51. The van der Waals surface area contributed by atoms with Gasteiger partial charge in [0.05, 0.1) is 6.42 Å². The molecule has 2 unspecified atom stereocenters. The molecule has 6 heteroatoms. The molecular weight excluding hydrogens is 280 g/mol. The summed E-state index contributed by atoms with van der Waals surface area (Å²) in [5.41, 5.74) is 0.225. The highest BCUT2D eigenvalue weighted by Crippen LogP contribution is 2.49. The smallest absolute Gasteiger partial charge is 0.305 e. The molecule has 1 aromatic carbocycles. The van der Waals surface area contributed by atoms with Crippen LogP contribution in [0.1, 0.15) is 31.2 Å². The van der Waals surface area contributed by atoms with E-state index < -0.39 is 17.6 Å². The van der Waals surface area contributed by atoms with Crippen LogP contribution in [0.2, 0.25) is 0 Å². The van der Waals surface area contributed by atoms with Gasteiger partial charge < -0.3 is 10.0 Å². The molecule has 0 heterocycles. The molecular formula is C15H17F2NO3. The van der Waals surface area contributed by atoms with Crippen molar-refractivity contribution >= 4 is 11.9 Å². The van der Waals surface area contributed by atoms with Crippen LogP contribution in [0.3, 0.4) is 0 Å². The van der Waals surface area contributed by atoms with E-state index in [0.29, 0.717) is 13.0 Å². The minimum atomic E-state index is -0.968. The van der Waals surface area contributed by atoms with Crippen molar-refractivity contribution in [2.45, 2.75) is 25.7 Å². The Morgan fingerprint density at radius 1 is 1.38 bits per heavy atom. The second-order valence-corrected chi connectivity index (χ2v) is 5.15. The minimum absolute atomic E-state index is 0.120. The minimum Gasteiger partial charge on any atom is -0.481 e. The Morgan fingerprint density at radius 3 is 2.71 bits per heavy atom. The SMILES string of the molecule is CCN(CCC(=O)O)C(=O)C1CC1c1cccc(F)c1F. The molecule has 1 N–H and O–H groups in total. The van der Waals surface area contributed by atoms with E-state index in [1.54, 1.807) is 6.92 Å². The first kappa shape index (κ1) is 15.4. The number of hydrogen-bond donors (Lipinski definition) is 1. The van der Waals surface area contributed by atoms with Gasteiger partial charge in [0.2, 0.25) is 5.91 Å². The van der Waals surface area contributed by atoms with Gasteiger partial charge in [-0.2, -0.15) is 0 Å². The molecule has 1 aromatic rings. The van der Waals surface area contributed by atoms with Crippen molar-refractivity contribution < 1.29 is 23.5 Å². The van der Waals surface area contributed by atoms with E-state index in [2.05, 4.69) is 0 Å². The molecule has 2 rings (SSSR count). The molecule has 1 aliphatic rings. The number of nitrogens with zero attached hydrogens (tertiary/aromatic N) is 1. The monoisotopic (exact) mass is 297 g/mol. The van der Waals surface area contributed by atoms with Crippen LogP contribution < -0.4 is 0 Å². The highest BCUT2D eigenvalue weighted by Gasteiger charge is 2.46.